The largest absolute Gasteiger partial charge is 0.380 e. The van der Waals surface area contributed by atoms with Gasteiger partial charge in [0.15, 0.2) is 0 Å². The highest BCUT2D eigenvalue weighted by Crippen LogP contribution is 2.49. The lowest BCUT2D eigenvalue weighted by atomic mass is 9.84. The fourth-order valence-corrected chi connectivity index (χ4v) is 3.85. The van der Waals surface area contributed by atoms with Crippen molar-refractivity contribution in [1.29, 1.82) is 0 Å². The summed E-state index contributed by atoms with van der Waals surface area (Å²) >= 11 is 0. The van der Waals surface area contributed by atoms with Crippen LogP contribution in [0.3, 0.4) is 0 Å². The van der Waals surface area contributed by atoms with Crippen molar-refractivity contribution in [2.75, 3.05) is 19.8 Å². The van der Waals surface area contributed by atoms with Crippen molar-refractivity contribution in [3.63, 3.8) is 0 Å². The van der Waals surface area contributed by atoms with E-state index in [4.69, 9.17) is 4.74 Å². The molecule has 2 aliphatic carbocycles. The van der Waals surface area contributed by atoms with E-state index in [9.17, 15) is 0 Å². The molecule has 0 aromatic rings. The van der Waals surface area contributed by atoms with Crippen LogP contribution in [0.2, 0.25) is 0 Å². The van der Waals surface area contributed by atoms with Crippen LogP contribution in [0.15, 0.2) is 0 Å². The zero-order chi connectivity index (χ0) is 12.1. The zero-order valence-corrected chi connectivity index (χ0v) is 11.6. The minimum Gasteiger partial charge on any atom is -0.380 e. The maximum absolute atomic E-state index is 5.62. The second-order valence-electron chi connectivity index (χ2n) is 5.98. The van der Waals surface area contributed by atoms with Crippen molar-refractivity contribution >= 4 is 0 Å². The van der Waals surface area contributed by atoms with Crippen LogP contribution in [0, 0.1) is 17.8 Å². The third-order valence-electron chi connectivity index (χ3n) is 4.68. The highest BCUT2D eigenvalue weighted by molar-refractivity contribution is 4.91. The summed E-state index contributed by atoms with van der Waals surface area (Å²) < 4.78 is 5.62. The monoisotopic (exact) mass is 239 g/mol. The van der Waals surface area contributed by atoms with Crippen molar-refractivity contribution in [3.8, 4) is 0 Å². The first-order chi connectivity index (χ1) is 8.33. The number of ether oxygens (including phenoxy) is 1. The molecule has 2 aliphatic rings. The summed E-state index contributed by atoms with van der Waals surface area (Å²) in [6.07, 6.45) is 8.62. The molecule has 0 amide bonds. The van der Waals surface area contributed by atoms with Crippen molar-refractivity contribution in [3.05, 3.63) is 0 Å². The van der Waals surface area contributed by atoms with E-state index < -0.39 is 0 Å². The third-order valence-corrected chi connectivity index (χ3v) is 4.68. The van der Waals surface area contributed by atoms with Gasteiger partial charge in [0.25, 0.3) is 0 Å². The molecule has 0 aromatic carbocycles. The lowest BCUT2D eigenvalue weighted by molar-refractivity contribution is 0.109. The Bertz CT molecular complexity index is 211. The van der Waals surface area contributed by atoms with Crippen molar-refractivity contribution < 1.29 is 4.74 Å². The second kappa shape index (κ2) is 6.75. The summed E-state index contributed by atoms with van der Waals surface area (Å²) in [4.78, 5) is 0. The fraction of sp³-hybridized carbons (Fsp3) is 1.00. The summed E-state index contributed by atoms with van der Waals surface area (Å²) in [5, 5.41) is 3.67. The molecule has 2 fully saturated rings. The quantitative estimate of drug-likeness (QED) is 0.702. The smallest absolute Gasteiger partial charge is 0.0619 e. The van der Waals surface area contributed by atoms with E-state index in [-0.39, 0.29) is 0 Å². The van der Waals surface area contributed by atoms with Gasteiger partial charge < -0.3 is 10.1 Å². The summed E-state index contributed by atoms with van der Waals surface area (Å²) in [7, 11) is 0. The van der Waals surface area contributed by atoms with Gasteiger partial charge in [-0.05, 0) is 63.3 Å². The number of nitrogens with one attached hydrogen (secondary N) is 1. The van der Waals surface area contributed by atoms with E-state index in [1.807, 2.05) is 0 Å². The molecule has 0 saturated heterocycles. The maximum atomic E-state index is 5.62. The predicted molar refractivity (Wildman–Crippen MR) is 72.1 cm³/mol. The van der Waals surface area contributed by atoms with Crippen LogP contribution in [0.4, 0.5) is 0 Å². The van der Waals surface area contributed by atoms with Crippen molar-refractivity contribution in [2.45, 2.75) is 58.4 Å². The molecule has 0 aromatic heterocycles. The summed E-state index contributed by atoms with van der Waals surface area (Å²) in [5.41, 5.74) is 0. The second-order valence-corrected chi connectivity index (χ2v) is 5.98. The average Bonchev–Trinajstić information content (AvgIpc) is 2.94. The minimum absolute atomic E-state index is 0.597. The standard InChI is InChI=1S/C15H29NO/c1-3-7-16-15(11-17-4-2)10-14-9-12-5-6-13(14)8-12/h12-16H,3-11H2,1-2H3. The maximum Gasteiger partial charge on any atom is 0.0619 e. The molecule has 0 radical (unpaired) electrons. The average molecular weight is 239 g/mol. The normalized spacial score (nSPS) is 33.2. The number of fused-ring (bicyclic) bond motifs is 2. The Morgan fingerprint density at radius 3 is 2.71 bits per heavy atom. The molecule has 4 atom stereocenters. The van der Waals surface area contributed by atoms with Gasteiger partial charge >= 0.3 is 0 Å². The molecule has 2 heteroatoms. The highest BCUT2D eigenvalue weighted by Gasteiger charge is 2.39. The molecule has 0 heterocycles. The molecule has 100 valence electrons. The SMILES string of the molecule is CCCNC(COCC)CC1CC2CCC1C2. The van der Waals surface area contributed by atoms with Crippen LogP contribution in [0.5, 0.6) is 0 Å². The van der Waals surface area contributed by atoms with Crippen LogP contribution in [-0.4, -0.2) is 25.8 Å². The molecule has 4 unspecified atom stereocenters. The molecule has 1 N–H and O–H groups in total. The van der Waals surface area contributed by atoms with Gasteiger partial charge in [-0.15, -0.1) is 0 Å². The van der Waals surface area contributed by atoms with E-state index >= 15 is 0 Å². The Kier molecular flexibility index (Phi) is 5.30. The lowest BCUT2D eigenvalue weighted by Crippen LogP contribution is -2.36. The van der Waals surface area contributed by atoms with Crippen molar-refractivity contribution in [2.24, 2.45) is 17.8 Å². The van der Waals surface area contributed by atoms with Crippen molar-refractivity contribution in [1.82, 2.24) is 5.32 Å². The fourth-order valence-electron chi connectivity index (χ4n) is 3.85. The molecule has 2 nitrogen and oxygen atoms in total. The van der Waals surface area contributed by atoms with E-state index in [1.54, 1.807) is 0 Å². The van der Waals surface area contributed by atoms with Crippen LogP contribution >= 0.6 is 0 Å². The Hall–Kier alpha value is -0.0800. The molecule has 2 rings (SSSR count). The Morgan fingerprint density at radius 2 is 2.12 bits per heavy atom. The molecule has 0 spiro atoms. The van der Waals surface area contributed by atoms with Crippen LogP contribution < -0.4 is 5.32 Å². The van der Waals surface area contributed by atoms with Crippen LogP contribution in [0.1, 0.15) is 52.4 Å². The van der Waals surface area contributed by atoms with Gasteiger partial charge in [0.2, 0.25) is 0 Å². The highest BCUT2D eigenvalue weighted by atomic mass is 16.5. The zero-order valence-electron chi connectivity index (χ0n) is 11.6. The minimum atomic E-state index is 0.597. The van der Waals surface area contributed by atoms with Gasteiger partial charge in [-0.3, -0.25) is 0 Å². The van der Waals surface area contributed by atoms with E-state index in [0.29, 0.717) is 6.04 Å². The first-order valence-electron chi connectivity index (χ1n) is 7.64. The first-order valence-corrected chi connectivity index (χ1v) is 7.64. The van der Waals surface area contributed by atoms with Crippen LogP contribution in [0.25, 0.3) is 0 Å². The van der Waals surface area contributed by atoms with E-state index in [0.717, 1.165) is 37.5 Å². The molecule has 17 heavy (non-hydrogen) atoms. The van der Waals surface area contributed by atoms with Gasteiger partial charge in [-0.25, -0.2) is 0 Å². The predicted octanol–water partition coefficient (Wildman–Crippen LogP) is 3.22. The van der Waals surface area contributed by atoms with E-state index in [2.05, 4.69) is 19.2 Å². The molecule has 0 aliphatic heterocycles. The Labute approximate surface area is 107 Å². The number of rotatable bonds is 8. The topological polar surface area (TPSA) is 21.3 Å². The molecular weight excluding hydrogens is 210 g/mol. The number of hydrogen-bond donors (Lipinski definition) is 1. The molecule has 2 saturated carbocycles. The summed E-state index contributed by atoms with van der Waals surface area (Å²) in [6.45, 7) is 7.22. The van der Waals surface area contributed by atoms with Gasteiger partial charge in [0.05, 0.1) is 6.61 Å². The third kappa shape index (κ3) is 3.69. The molecular formula is C15H29NO. The summed E-state index contributed by atoms with van der Waals surface area (Å²) in [6, 6.07) is 0.597. The lowest BCUT2D eigenvalue weighted by Gasteiger charge is -2.27. The van der Waals surface area contributed by atoms with Crippen LogP contribution in [-0.2, 0) is 4.74 Å². The van der Waals surface area contributed by atoms with Gasteiger partial charge in [0, 0.05) is 12.6 Å². The van der Waals surface area contributed by atoms with E-state index in [1.165, 1.54) is 38.5 Å². The molecule has 2 bridgehead atoms. The van der Waals surface area contributed by atoms with Gasteiger partial charge in [-0.2, -0.15) is 0 Å². The number of hydrogen-bond acceptors (Lipinski definition) is 2. The Morgan fingerprint density at radius 1 is 1.24 bits per heavy atom. The van der Waals surface area contributed by atoms with Gasteiger partial charge in [0.1, 0.15) is 0 Å². The summed E-state index contributed by atoms with van der Waals surface area (Å²) in [5.74, 6) is 3.11. The van der Waals surface area contributed by atoms with Gasteiger partial charge in [-0.1, -0.05) is 13.3 Å². The first kappa shape index (κ1) is 13.4. The Balaban J connectivity index is 1.75.